The Balaban J connectivity index is 1.34. The Morgan fingerprint density at radius 1 is 0.853 bits per heavy atom. The van der Waals surface area contributed by atoms with Crippen molar-refractivity contribution in [1.29, 1.82) is 0 Å². The SMILES string of the molecule is Cc1cccc(NC(=O)CSCC(=O)Nc2ccc(N3CCOCC3)cc2N2CCOCC2)c1. The molecular formula is C25H32N4O4S. The summed E-state index contributed by atoms with van der Waals surface area (Å²) in [6.07, 6.45) is 0. The molecule has 0 aliphatic carbocycles. The van der Waals surface area contributed by atoms with Crippen molar-refractivity contribution in [3.05, 3.63) is 48.0 Å². The molecule has 0 unspecified atom stereocenters. The highest BCUT2D eigenvalue weighted by atomic mass is 32.2. The van der Waals surface area contributed by atoms with Gasteiger partial charge in [-0.2, -0.15) is 0 Å². The van der Waals surface area contributed by atoms with E-state index in [0.717, 1.165) is 67.7 Å². The van der Waals surface area contributed by atoms with Crippen LogP contribution >= 0.6 is 11.8 Å². The average Bonchev–Trinajstić information content (AvgIpc) is 2.85. The fraction of sp³-hybridized carbons (Fsp3) is 0.440. The highest BCUT2D eigenvalue weighted by molar-refractivity contribution is 8.00. The average molecular weight is 485 g/mol. The first kappa shape index (κ1) is 24.4. The van der Waals surface area contributed by atoms with Crippen molar-refractivity contribution in [2.24, 2.45) is 0 Å². The van der Waals surface area contributed by atoms with Crippen LogP contribution in [-0.2, 0) is 19.1 Å². The molecule has 34 heavy (non-hydrogen) atoms. The highest BCUT2D eigenvalue weighted by Crippen LogP contribution is 2.32. The van der Waals surface area contributed by atoms with Gasteiger partial charge >= 0.3 is 0 Å². The summed E-state index contributed by atoms with van der Waals surface area (Å²) in [4.78, 5) is 29.5. The van der Waals surface area contributed by atoms with Gasteiger partial charge in [-0.05, 0) is 42.8 Å². The van der Waals surface area contributed by atoms with Crippen LogP contribution in [0.1, 0.15) is 5.56 Å². The molecule has 0 bridgehead atoms. The molecule has 2 aliphatic rings. The zero-order valence-electron chi connectivity index (χ0n) is 19.5. The van der Waals surface area contributed by atoms with Crippen molar-refractivity contribution in [1.82, 2.24) is 0 Å². The van der Waals surface area contributed by atoms with Gasteiger partial charge in [0.25, 0.3) is 0 Å². The van der Waals surface area contributed by atoms with Gasteiger partial charge in [0, 0.05) is 37.6 Å². The first-order chi connectivity index (χ1) is 16.6. The first-order valence-corrected chi connectivity index (χ1v) is 12.8. The minimum Gasteiger partial charge on any atom is -0.378 e. The van der Waals surface area contributed by atoms with E-state index in [2.05, 4.69) is 26.5 Å². The Bertz CT molecular complexity index is 991. The number of nitrogens with one attached hydrogen (secondary N) is 2. The Morgan fingerprint density at radius 2 is 1.50 bits per heavy atom. The van der Waals surface area contributed by atoms with E-state index in [9.17, 15) is 9.59 Å². The lowest BCUT2D eigenvalue weighted by Gasteiger charge is -2.33. The lowest BCUT2D eigenvalue weighted by Crippen LogP contribution is -2.38. The van der Waals surface area contributed by atoms with Crippen molar-refractivity contribution in [3.63, 3.8) is 0 Å². The fourth-order valence-electron chi connectivity index (χ4n) is 4.05. The molecule has 2 fully saturated rings. The van der Waals surface area contributed by atoms with Gasteiger partial charge in [0.15, 0.2) is 0 Å². The molecular weight excluding hydrogens is 452 g/mol. The lowest BCUT2D eigenvalue weighted by atomic mass is 10.1. The van der Waals surface area contributed by atoms with Gasteiger partial charge in [-0.25, -0.2) is 0 Å². The third kappa shape index (κ3) is 6.88. The molecule has 8 nitrogen and oxygen atoms in total. The van der Waals surface area contributed by atoms with Crippen LogP contribution in [0.3, 0.4) is 0 Å². The van der Waals surface area contributed by atoms with Crippen LogP contribution in [0.4, 0.5) is 22.7 Å². The van der Waals surface area contributed by atoms with E-state index in [1.807, 2.05) is 43.3 Å². The summed E-state index contributed by atoms with van der Waals surface area (Å²) < 4.78 is 11.0. The normalized spacial score (nSPS) is 16.3. The molecule has 2 heterocycles. The second-order valence-electron chi connectivity index (χ2n) is 8.36. The van der Waals surface area contributed by atoms with Gasteiger partial charge in [0.2, 0.25) is 11.8 Å². The van der Waals surface area contributed by atoms with Crippen molar-refractivity contribution in [2.45, 2.75) is 6.92 Å². The number of hydrogen-bond donors (Lipinski definition) is 2. The summed E-state index contributed by atoms with van der Waals surface area (Å²) in [6, 6.07) is 13.8. The molecule has 2 N–H and O–H groups in total. The summed E-state index contributed by atoms with van der Waals surface area (Å²) in [5.74, 6) is 0.178. The smallest absolute Gasteiger partial charge is 0.234 e. The second-order valence-corrected chi connectivity index (χ2v) is 9.34. The molecule has 4 rings (SSSR count). The maximum atomic E-state index is 12.7. The molecule has 2 amide bonds. The molecule has 2 aromatic rings. The van der Waals surface area contributed by atoms with Gasteiger partial charge in [-0.15, -0.1) is 11.8 Å². The zero-order valence-corrected chi connectivity index (χ0v) is 20.4. The predicted molar refractivity (Wildman–Crippen MR) is 138 cm³/mol. The fourth-order valence-corrected chi connectivity index (χ4v) is 4.67. The molecule has 0 spiro atoms. The number of rotatable bonds is 8. The van der Waals surface area contributed by atoms with Crippen molar-refractivity contribution >= 4 is 46.3 Å². The zero-order chi connectivity index (χ0) is 23.8. The number of thioether (sulfide) groups is 1. The Morgan fingerprint density at radius 3 is 2.18 bits per heavy atom. The van der Waals surface area contributed by atoms with Crippen molar-refractivity contribution < 1.29 is 19.1 Å². The van der Waals surface area contributed by atoms with Crippen LogP contribution in [0.2, 0.25) is 0 Å². The molecule has 2 saturated heterocycles. The topological polar surface area (TPSA) is 83.1 Å². The molecule has 9 heteroatoms. The third-order valence-corrected chi connectivity index (χ3v) is 6.68. The van der Waals surface area contributed by atoms with Crippen molar-refractivity contribution in [3.8, 4) is 0 Å². The van der Waals surface area contributed by atoms with E-state index in [4.69, 9.17) is 9.47 Å². The van der Waals surface area contributed by atoms with Crippen molar-refractivity contribution in [2.75, 3.05) is 84.5 Å². The van der Waals surface area contributed by atoms with Gasteiger partial charge in [-0.1, -0.05) is 12.1 Å². The van der Waals surface area contributed by atoms with Gasteiger partial charge in [0.1, 0.15) is 0 Å². The number of benzene rings is 2. The number of morpholine rings is 2. The van der Waals surface area contributed by atoms with E-state index < -0.39 is 0 Å². The minimum atomic E-state index is -0.123. The lowest BCUT2D eigenvalue weighted by molar-refractivity contribution is -0.114. The molecule has 0 aromatic heterocycles. The van der Waals surface area contributed by atoms with Crippen LogP contribution in [0.25, 0.3) is 0 Å². The molecule has 0 atom stereocenters. The number of ether oxygens (including phenoxy) is 2. The number of carbonyl (C=O) groups is 2. The van der Waals surface area contributed by atoms with Crippen LogP contribution in [0.5, 0.6) is 0 Å². The number of hydrogen-bond acceptors (Lipinski definition) is 7. The summed E-state index contributed by atoms with van der Waals surface area (Å²) in [7, 11) is 0. The number of anilines is 4. The summed E-state index contributed by atoms with van der Waals surface area (Å²) in [6.45, 7) is 8.04. The quantitative estimate of drug-likeness (QED) is 0.596. The predicted octanol–water partition coefficient (Wildman–Crippen LogP) is 2.98. The first-order valence-electron chi connectivity index (χ1n) is 11.6. The number of aryl methyl sites for hydroxylation is 1. The maximum Gasteiger partial charge on any atom is 0.234 e. The summed E-state index contributed by atoms with van der Waals surface area (Å²) >= 11 is 1.30. The Labute approximate surface area is 205 Å². The van der Waals surface area contributed by atoms with E-state index >= 15 is 0 Å². The Kier molecular flexibility index (Phi) is 8.67. The maximum absolute atomic E-state index is 12.7. The van der Waals surface area contributed by atoms with E-state index in [-0.39, 0.29) is 23.3 Å². The van der Waals surface area contributed by atoms with Gasteiger partial charge < -0.3 is 29.9 Å². The Hall–Kier alpha value is -2.75. The van der Waals surface area contributed by atoms with Gasteiger partial charge in [0.05, 0.1) is 49.3 Å². The number of nitrogens with zero attached hydrogens (tertiary/aromatic N) is 2. The molecule has 182 valence electrons. The van der Waals surface area contributed by atoms with Crippen LogP contribution < -0.4 is 20.4 Å². The summed E-state index contributed by atoms with van der Waals surface area (Å²) in [5.41, 5.74) is 4.77. The monoisotopic (exact) mass is 484 g/mol. The van der Waals surface area contributed by atoms with Gasteiger partial charge in [-0.3, -0.25) is 9.59 Å². The summed E-state index contributed by atoms with van der Waals surface area (Å²) in [5, 5.41) is 5.92. The number of carbonyl (C=O) groups excluding carboxylic acids is 2. The number of amides is 2. The molecule has 2 aromatic carbocycles. The minimum absolute atomic E-state index is 0.118. The van der Waals surface area contributed by atoms with Crippen LogP contribution in [-0.4, -0.2) is 75.9 Å². The van der Waals surface area contributed by atoms with Crippen LogP contribution in [0.15, 0.2) is 42.5 Å². The standard InChI is InChI=1S/C25H32N4O4S/c1-19-3-2-4-20(15-19)26-24(30)17-34-18-25(31)27-22-6-5-21(28-7-11-32-12-8-28)16-23(22)29-9-13-33-14-10-29/h2-6,15-16H,7-14,17-18H2,1H3,(H,26,30)(H,27,31). The van der Waals surface area contributed by atoms with E-state index in [1.165, 1.54) is 11.8 Å². The largest absolute Gasteiger partial charge is 0.378 e. The second kappa shape index (κ2) is 12.1. The highest BCUT2D eigenvalue weighted by Gasteiger charge is 2.19. The van der Waals surface area contributed by atoms with Crippen LogP contribution in [0, 0.1) is 6.92 Å². The van der Waals surface area contributed by atoms with E-state index in [1.54, 1.807) is 0 Å². The van der Waals surface area contributed by atoms with E-state index in [0.29, 0.717) is 13.2 Å². The molecule has 0 saturated carbocycles. The molecule has 0 radical (unpaired) electrons. The third-order valence-electron chi connectivity index (χ3n) is 5.75. The molecule has 2 aliphatic heterocycles.